The molecule has 1 aliphatic heterocycles. The summed E-state index contributed by atoms with van der Waals surface area (Å²) in [6.07, 6.45) is -4.90. The molecule has 2 amide bonds. The second-order valence-electron chi connectivity index (χ2n) is 5.84. The number of likely N-dealkylation sites (N-methyl/N-ethyl adjacent to an activating group) is 1. The van der Waals surface area contributed by atoms with E-state index in [-0.39, 0.29) is 30.1 Å². The first kappa shape index (κ1) is 19.9. The monoisotopic (exact) mass is 412 g/mol. The number of benzene rings is 1. The topological polar surface area (TPSA) is 70.1 Å². The molecule has 0 saturated heterocycles. The highest BCUT2D eigenvalue weighted by Crippen LogP contribution is 2.37. The standard InChI is InChI=1S/C18H15F3N2O4S/c1-22(7-8-24)15-14(13-6-3-9-28-13)16(25)23(17(15)26)11-4-2-5-12(10-11)27-18(19,20)21/h2-6,9-10,24H,7-8H2,1H3. The molecule has 1 aromatic carbocycles. The first-order valence-electron chi connectivity index (χ1n) is 8.07. The number of aliphatic hydroxyl groups is 1. The summed E-state index contributed by atoms with van der Waals surface area (Å²) in [5, 5.41) is 10.9. The summed E-state index contributed by atoms with van der Waals surface area (Å²) in [7, 11) is 1.55. The van der Waals surface area contributed by atoms with E-state index in [4.69, 9.17) is 0 Å². The minimum Gasteiger partial charge on any atom is -0.406 e. The van der Waals surface area contributed by atoms with Gasteiger partial charge in [-0.15, -0.1) is 24.5 Å². The molecule has 1 aromatic heterocycles. The normalized spacial score (nSPS) is 14.8. The molecule has 0 bridgehead atoms. The number of nitrogens with zero attached hydrogens (tertiary/aromatic N) is 2. The molecule has 0 saturated carbocycles. The smallest absolute Gasteiger partial charge is 0.406 e. The van der Waals surface area contributed by atoms with Crippen molar-refractivity contribution in [1.82, 2.24) is 4.90 Å². The van der Waals surface area contributed by atoms with Crippen LogP contribution < -0.4 is 9.64 Å². The number of hydrogen-bond acceptors (Lipinski definition) is 6. The molecular formula is C18H15F3N2O4S. The number of hydrogen-bond donors (Lipinski definition) is 1. The van der Waals surface area contributed by atoms with Crippen LogP contribution in [0.25, 0.3) is 5.57 Å². The van der Waals surface area contributed by atoms with Crippen LogP contribution in [0.2, 0.25) is 0 Å². The maximum absolute atomic E-state index is 13.0. The number of carbonyl (C=O) groups excluding carboxylic acids is 2. The maximum atomic E-state index is 13.0. The molecule has 3 rings (SSSR count). The zero-order chi connectivity index (χ0) is 20.5. The summed E-state index contributed by atoms with van der Waals surface area (Å²) in [5.74, 6) is -1.88. The lowest BCUT2D eigenvalue weighted by Gasteiger charge is -2.20. The van der Waals surface area contributed by atoms with Gasteiger partial charge in [-0.05, 0) is 23.6 Å². The Morgan fingerprint density at radius 1 is 1.18 bits per heavy atom. The molecule has 1 aliphatic rings. The first-order valence-corrected chi connectivity index (χ1v) is 8.95. The molecule has 1 N–H and O–H groups in total. The summed E-state index contributed by atoms with van der Waals surface area (Å²) in [4.78, 5) is 28.8. The van der Waals surface area contributed by atoms with Crippen molar-refractivity contribution in [3.8, 4) is 5.75 Å². The van der Waals surface area contributed by atoms with E-state index < -0.39 is 23.9 Å². The molecule has 28 heavy (non-hydrogen) atoms. The maximum Gasteiger partial charge on any atom is 0.573 e. The molecule has 2 aromatic rings. The van der Waals surface area contributed by atoms with Gasteiger partial charge >= 0.3 is 6.36 Å². The molecule has 0 unspecified atom stereocenters. The van der Waals surface area contributed by atoms with Crippen LogP contribution in [0.3, 0.4) is 0 Å². The zero-order valence-electron chi connectivity index (χ0n) is 14.6. The second kappa shape index (κ2) is 7.64. The van der Waals surface area contributed by atoms with Crippen molar-refractivity contribution in [2.75, 3.05) is 25.1 Å². The van der Waals surface area contributed by atoms with Gasteiger partial charge in [-0.2, -0.15) is 0 Å². The number of anilines is 1. The van der Waals surface area contributed by atoms with Crippen molar-refractivity contribution >= 4 is 34.4 Å². The van der Waals surface area contributed by atoms with Crippen LogP contribution >= 0.6 is 11.3 Å². The molecule has 148 valence electrons. The number of thiophene rings is 1. The van der Waals surface area contributed by atoms with E-state index in [2.05, 4.69) is 4.74 Å². The second-order valence-corrected chi connectivity index (χ2v) is 6.78. The van der Waals surface area contributed by atoms with Crippen molar-refractivity contribution in [2.45, 2.75) is 6.36 Å². The molecule has 0 spiro atoms. The highest BCUT2D eigenvalue weighted by atomic mass is 32.1. The summed E-state index contributed by atoms with van der Waals surface area (Å²) in [6.45, 7) is -0.137. The van der Waals surface area contributed by atoms with Crippen LogP contribution in [0, 0.1) is 0 Å². The third-order valence-electron chi connectivity index (χ3n) is 3.95. The number of halogens is 3. The molecular weight excluding hydrogens is 397 g/mol. The van der Waals surface area contributed by atoms with Crippen LogP contribution in [-0.4, -0.2) is 48.4 Å². The number of rotatable bonds is 6. The number of aliphatic hydroxyl groups excluding tert-OH is 1. The van der Waals surface area contributed by atoms with Crippen LogP contribution in [-0.2, 0) is 9.59 Å². The highest BCUT2D eigenvalue weighted by molar-refractivity contribution is 7.11. The number of ether oxygens (including phenoxy) is 1. The average molecular weight is 412 g/mol. The lowest BCUT2D eigenvalue weighted by atomic mass is 10.2. The number of alkyl halides is 3. The van der Waals surface area contributed by atoms with Gasteiger partial charge in [0.05, 0.1) is 17.9 Å². The molecule has 0 aliphatic carbocycles. The largest absolute Gasteiger partial charge is 0.573 e. The Hall–Kier alpha value is -2.85. The quantitative estimate of drug-likeness (QED) is 0.739. The molecule has 0 atom stereocenters. The highest BCUT2D eigenvalue weighted by Gasteiger charge is 2.42. The van der Waals surface area contributed by atoms with Crippen molar-refractivity contribution < 1.29 is 32.6 Å². The number of imide groups is 1. The summed E-state index contributed by atoms with van der Waals surface area (Å²) in [6, 6.07) is 8.05. The SMILES string of the molecule is CN(CCO)C1=C(c2cccs2)C(=O)N(c2cccc(OC(F)(F)F)c2)C1=O. The van der Waals surface area contributed by atoms with Crippen LogP contribution in [0.1, 0.15) is 4.88 Å². The van der Waals surface area contributed by atoms with Gasteiger partial charge in [0.2, 0.25) is 0 Å². The Labute approximate surface area is 162 Å². The van der Waals surface area contributed by atoms with Gasteiger partial charge in [0.1, 0.15) is 11.4 Å². The summed E-state index contributed by atoms with van der Waals surface area (Å²) in [5.41, 5.74) is 0.167. The van der Waals surface area contributed by atoms with E-state index >= 15 is 0 Å². The lowest BCUT2D eigenvalue weighted by molar-refractivity contribution is -0.274. The van der Waals surface area contributed by atoms with Gasteiger partial charge in [0, 0.05) is 24.5 Å². The fraction of sp³-hybridized carbons (Fsp3) is 0.222. The Balaban J connectivity index is 2.03. The van der Waals surface area contributed by atoms with Gasteiger partial charge in [-0.25, -0.2) is 4.90 Å². The van der Waals surface area contributed by atoms with Crippen molar-refractivity contribution in [2.24, 2.45) is 0 Å². The minimum atomic E-state index is -4.90. The Bertz CT molecular complexity index is 925. The van der Waals surface area contributed by atoms with Gasteiger partial charge in [-0.3, -0.25) is 9.59 Å². The summed E-state index contributed by atoms with van der Waals surface area (Å²) >= 11 is 1.25. The van der Waals surface area contributed by atoms with E-state index in [1.807, 2.05) is 0 Å². The first-order chi connectivity index (χ1) is 13.2. The van der Waals surface area contributed by atoms with Crippen LogP contribution in [0.5, 0.6) is 5.75 Å². The molecule has 10 heteroatoms. The van der Waals surface area contributed by atoms with E-state index in [9.17, 15) is 27.9 Å². The van der Waals surface area contributed by atoms with Crippen LogP contribution in [0.4, 0.5) is 18.9 Å². The van der Waals surface area contributed by atoms with Crippen molar-refractivity contribution in [3.63, 3.8) is 0 Å². The predicted octanol–water partition coefficient (Wildman–Crippen LogP) is 2.86. The van der Waals surface area contributed by atoms with E-state index in [1.165, 1.54) is 28.4 Å². The summed E-state index contributed by atoms with van der Waals surface area (Å²) < 4.78 is 41.4. The third-order valence-corrected chi connectivity index (χ3v) is 4.84. The molecule has 6 nitrogen and oxygen atoms in total. The average Bonchev–Trinajstić information content (AvgIpc) is 3.20. The molecule has 0 fully saturated rings. The van der Waals surface area contributed by atoms with E-state index in [1.54, 1.807) is 24.6 Å². The zero-order valence-corrected chi connectivity index (χ0v) is 15.4. The lowest BCUT2D eigenvalue weighted by Crippen LogP contribution is -2.35. The third kappa shape index (κ3) is 3.87. The van der Waals surface area contributed by atoms with Crippen molar-refractivity contribution in [3.05, 3.63) is 52.4 Å². The number of carbonyl (C=O) groups is 2. The fourth-order valence-corrected chi connectivity index (χ4v) is 3.59. The minimum absolute atomic E-state index is 0.0433. The fourth-order valence-electron chi connectivity index (χ4n) is 2.83. The van der Waals surface area contributed by atoms with E-state index in [0.29, 0.717) is 4.88 Å². The predicted molar refractivity (Wildman–Crippen MR) is 96.6 cm³/mol. The Kier molecular flexibility index (Phi) is 5.43. The van der Waals surface area contributed by atoms with Crippen LogP contribution in [0.15, 0.2) is 47.5 Å². The van der Waals surface area contributed by atoms with Gasteiger partial charge in [-0.1, -0.05) is 12.1 Å². The Morgan fingerprint density at radius 3 is 2.54 bits per heavy atom. The Morgan fingerprint density at radius 2 is 1.93 bits per heavy atom. The van der Waals surface area contributed by atoms with Gasteiger partial charge < -0.3 is 14.7 Å². The number of amides is 2. The van der Waals surface area contributed by atoms with Gasteiger partial charge in [0.25, 0.3) is 11.8 Å². The van der Waals surface area contributed by atoms with Gasteiger partial charge in [0.15, 0.2) is 0 Å². The molecule has 0 radical (unpaired) electrons. The van der Waals surface area contributed by atoms with Crippen molar-refractivity contribution in [1.29, 1.82) is 0 Å². The molecule has 2 heterocycles. The van der Waals surface area contributed by atoms with E-state index in [0.717, 1.165) is 17.0 Å².